The number of carbonyl (C=O) groups is 1. The molecule has 6 heteroatoms. The zero-order valence-electron chi connectivity index (χ0n) is 11.7. The van der Waals surface area contributed by atoms with Crippen LogP contribution in [0.15, 0.2) is 24.4 Å². The summed E-state index contributed by atoms with van der Waals surface area (Å²) in [6.45, 7) is 2.47. The Labute approximate surface area is 122 Å². The molecule has 106 valence electrons. The molecule has 0 radical (unpaired) electrons. The van der Waals surface area contributed by atoms with Crippen molar-refractivity contribution in [3.05, 3.63) is 39.8 Å². The zero-order chi connectivity index (χ0) is 14.7. The van der Waals surface area contributed by atoms with Crippen LogP contribution in [0.1, 0.15) is 20.2 Å². The van der Waals surface area contributed by atoms with E-state index in [0.29, 0.717) is 23.5 Å². The number of anilines is 1. The Balaban J connectivity index is 2.18. The van der Waals surface area contributed by atoms with Gasteiger partial charge in [-0.3, -0.25) is 4.79 Å². The molecule has 1 aromatic heterocycles. The number of carbonyl (C=O) groups excluding carboxylic acids is 1. The van der Waals surface area contributed by atoms with Crippen LogP contribution in [0.5, 0.6) is 5.75 Å². The summed E-state index contributed by atoms with van der Waals surface area (Å²) in [5.41, 5.74) is 6.77. The van der Waals surface area contributed by atoms with Crippen LogP contribution in [0.25, 0.3) is 0 Å². The van der Waals surface area contributed by atoms with Crippen molar-refractivity contribution >= 4 is 22.9 Å². The second kappa shape index (κ2) is 5.92. The Morgan fingerprint density at radius 1 is 1.50 bits per heavy atom. The van der Waals surface area contributed by atoms with Crippen LogP contribution in [0.4, 0.5) is 5.69 Å². The van der Waals surface area contributed by atoms with Crippen LogP contribution in [0.3, 0.4) is 0 Å². The highest BCUT2D eigenvalue weighted by molar-refractivity contribution is 7.11. The van der Waals surface area contributed by atoms with Crippen molar-refractivity contribution in [1.29, 1.82) is 0 Å². The predicted molar refractivity (Wildman–Crippen MR) is 80.1 cm³/mol. The van der Waals surface area contributed by atoms with Crippen LogP contribution in [-0.2, 0) is 6.54 Å². The number of aromatic nitrogens is 1. The molecule has 0 saturated heterocycles. The fourth-order valence-electron chi connectivity index (χ4n) is 1.87. The lowest BCUT2D eigenvalue weighted by atomic mass is 10.1. The molecule has 1 amide bonds. The molecule has 1 aromatic carbocycles. The van der Waals surface area contributed by atoms with E-state index in [4.69, 9.17) is 10.5 Å². The summed E-state index contributed by atoms with van der Waals surface area (Å²) < 4.78 is 5.21. The topological polar surface area (TPSA) is 68.5 Å². The first-order chi connectivity index (χ1) is 9.51. The summed E-state index contributed by atoms with van der Waals surface area (Å²) in [6, 6.07) is 5.03. The second-order valence-electron chi connectivity index (χ2n) is 4.47. The van der Waals surface area contributed by atoms with E-state index in [2.05, 4.69) is 4.98 Å². The minimum absolute atomic E-state index is 0.104. The number of nitrogens with two attached hydrogens (primary N) is 1. The Morgan fingerprint density at radius 3 is 2.85 bits per heavy atom. The van der Waals surface area contributed by atoms with Gasteiger partial charge in [-0.1, -0.05) is 0 Å². The Kier molecular flexibility index (Phi) is 4.24. The maximum Gasteiger partial charge on any atom is 0.257 e. The van der Waals surface area contributed by atoms with Gasteiger partial charge >= 0.3 is 0 Å². The van der Waals surface area contributed by atoms with Gasteiger partial charge in [0, 0.05) is 29.9 Å². The van der Waals surface area contributed by atoms with Gasteiger partial charge < -0.3 is 15.4 Å². The summed E-state index contributed by atoms with van der Waals surface area (Å²) in [6.07, 6.45) is 1.80. The number of nitrogens with zero attached hydrogens (tertiary/aromatic N) is 2. The zero-order valence-corrected chi connectivity index (χ0v) is 12.5. The molecule has 2 rings (SSSR count). The van der Waals surface area contributed by atoms with Gasteiger partial charge in [-0.25, -0.2) is 4.98 Å². The minimum atomic E-state index is -0.104. The van der Waals surface area contributed by atoms with Gasteiger partial charge in [-0.15, -0.1) is 11.3 Å². The molecule has 0 atom stereocenters. The molecule has 5 nitrogen and oxygen atoms in total. The molecule has 2 N–H and O–H groups in total. The number of ether oxygens (including phenoxy) is 1. The monoisotopic (exact) mass is 291 g/mol. The second-order valence-corrected chi connectivity index (χ2v) is 5.79. The molecule has 2 aromatic rings. The average molecular weight is 291 g/mol. The van der Waals surface area contributed by atoms with Gasteiger partial charge in [-0.05, 0) is 19.1 Å². The van der Waals surface area contributed by atoms with Crippen molar-refractivity contribution in [2.45, 2.75) is 13.5 Å². The van der Waals surface area contributed by atoms with Crippen LogP contribution in [-0.4, -0.2) is 29.9 Å². The lowest BCUT2D eigenvalue weighted by Gasteiger charge is -2.18. The number of nitrogen functional groups attached to an aromatic ring is 1. The van der Waals surface area contributed by atoms with Gasteiger partial charge in [0.05, 0.1) is 24.2 Å². The number of hydrogen-bond acceptors (Lipinski definition) is 5. The molecule has 0 bridgehead atoms. The Bertz CT molecular complexity index is 625. The normalized spacial score (nSPS) is 10.3. The number of aryl methyl sites for hydroxylation is 1. The molecular formula is C14H17N3O2S. The maximum atomic E-state index is 12.4. The van der Waals surface area contributed by atoms with Gasteiger partial charge in [-0.2, -0.15) is 0 Å². The summed E-state index contributed by atoms with van der Waals surface area (Å²) in [7, 11) is 3.28. The van der Waals surface area contributed by atoms with Crippen molar-refractivity contribution in [2.24, 2.45) is 0 Å². The predicted octanol–water partition coefficient (Wildman–Crippen LogP) is 2.31. The number of thiazole rings is 1. The highest BCUT2D eigenvalue weighted by Gasteiger charge is 2.17. The van der Waals surface area contributed by atoms with Crippen LogP contribution in [0, 0.1) is 6.92 Å². The smallest absolute Gasteiger partial charge is 0.257 e. The van der Waals surface area contributed by atoms with Gasteiger partial charge in [0.25, 0.3) is 5.91 Å². The van der Waals surface area contributed by atoms with Gasteiger partial charge in [0.2, 0.25) is 0 Å². The lowest BCUT2D eigenvalue weighted by molar-refractivity contribution is 0.0783. The van der Waals surface area contributed by atoms with E-state index in [9.17, 15) is 4.79 Å². The summed E-state index contributed by atoms with van der Waals surface area (Å²) in [5, 5.41) is 0.992. The van der Waals surface area contributed by atoms with E-state index >= 15 is 0 Å². The fourth-order valence-corrected chi connectivity index (χ4v) is 2.72. The maximum absolute atomic E-state index is 12.4. The largest absolute Gasteiger partial charge is 0.496 e. The van der Waals surface area contributed by atoms with Crippen LogP contribution < -0.4 is 10.5 Å². The molecule has 0 spiro atoms. The van der Waals surface area contributed by atoms with Crippen LogP contribution >= 0.6 is 11.3 Å². The number of hydrogen-bond donors (Lipinski definition) is 1. The fraction of sp³-hybridized carbons (Fsp3) is 0.286. The van der Waals surface area contributed by atoms with Crippen molar-refractivity contribution in [3.63, 3.8) is 0 Å². The first kappa shape index (κ1) is 14.3. The van der Waals surface area contributed by atoms with E-state index in [-0.39, 0.29) is 5.91 Å². The highest BCUT2D eigenvalue weighted by atomic mass is 32.1. The molecule has 0 aliphatic rings. The van der Waals surface area contributed by atoms with E-state index in [1.54, 1.807) is 47.7 Å². The number of rotatable bonds is 4. The van der Waals surface area contributed by atoms with Crippen molar-refractivity contribution in [2.75, 3.05) is 19.9 Å². The van der Waals surface area contributed by atoms with Crippen molar-refractivity contribution in [3.8, 4) is 5.75 Å². The first-order valence-electron chi connectivity index (χ1n) is 6.11. The summed E-state index contributed by atoms with van der Waals surface area (Å²) in [4.78, 5) is 19.3. The van der Waals surface area contributed by atoms with E-state index < -0.39 is 0 Å². The highest BCUT2D eigenvalue weighted by Crippen LogP contribution is 2.23. The van der Waals surface area contributed by atoms with Crippen molar-refractivity contribution in [1.82, 2.24) is 9.88 Å². The van der Waals surface area contributed by atoms with E-state index in [1.807, 2.05) is 6.92 Å². The number of benzene rings is 1. The Hall–Kier alpha value is -2.08. The van der Waals surface area contributed by atoms with Gasteiger partial charge in [0.15, 0.2) is 0 Å². The van der Waals surface area contributed by atoms with E-state index in [0.717, 1.165) is 9.88 Å². The van der Waals surface area contributed by atoms with Crippen molar-refractivity contribution < 1.29 is 9.53 Å². The average Bonchev–Trinajstić information content (AvgIpc) is 2.83. The molecule has 0 aliphatic heterocycles. The van der Waals surface area contributed by atoms with E-state index in [1.165, 1.54) is 7.11 Å². The minimum Gasteiger partial charge on any atom is -0.496 e. The summed E-state index contributed by atoms with van der Waals surface area (Å²) >= 11 is 1.58. The van der Waals surface area contributed by atoms with Gasteiger partial charge in [0.1, 0.15) is 5.75 Å². The SMILES string of the molecule is COc1cc(N)ccc1C(=O)N(C)Cc1cnc(C)s1. The third kappa shape index (κ3) is 3.08. The molecule has 0 fully saturated rings. The summed E-state index contributed by atoms with van der Waals surface area (Å²) in [5.74, 6) is 0.384. The molecular weight excluding hydrogens is 274 g/mol. The molecule has 1 heterocycles. The third-order valence-corrected chi connectivity index (χ3v) is 3.76. The quantitative estimate of drug-likeness (QED) is 0.878. The molecule has 0 aliphatic carbocycles. The molecule has 20 heavy (non-hydrogen) atoms. The van der Waals surface area contributed by atoms with Crippen LogP contribution in [0.2, 0.25) is 0 Å². The standard InChI is InChI=1S/C14H17N3O2S/c1-9-16-7-11(20-9)8-17(2)14(18)12-5-4-10(15)6-13(12)19-3/h4-7H,8,15H2,1-3H3. The molecule has 0 saturated carbocycles. The molecule has 0 unspecified atom stereocenters. The Morgan fingerprint density at radius 2 is 2.25 bits per heavy atom. The number of amides is 1. The lowest BCUT2D eigenvalue weighted by Crippen LogP contribution is -2.26. The third-order valence-electron chi connectivity index (χ3n) is 2.86. The first-order valence-corrected chi connectivity index (χ1v) is 6.93. The number of methoxy groups -OCH3 is 1.